The molecule has 0 amide bonds. The highest BCUT2D eigenvalue weighted by atomic mass is 32.2. The fourth-order valence-corrected chi connectivity index (χ4v) is 1.98. The minimum absolute atomic E-state index is 0.000369. The summed E-state index contributed by atoms with van der Waals surface area (Å²) in [5.41, 5.74) is -0.459. The molecule has 0 fully saturated rings. The van der Waals surface area contributed by atoms with E-state index < -0.39 is 21.4 Å². The van der Waals surface area contributed by atoms with E-state index in [1.165, 1.54) is 13.0 Å². The number of aryl methyl sites for hydroxylation is 1. The maximum absolute atomic E-state index is 11.4. The molecule has 0 unspecified atom stereocenters. The van der Waals surface area contributed by atoms with E-state index in [0.717, 1.165) is 16.8 Å². The lowest BCUT2D eigenvalue weighted by Crippen LogP contribution is -2.24. The molecule has 0 saturated carbocycles. The monoisotopic (exact) mass is 259 g/mol. The second-order valence-corrected chi connectivity index (χ2v) is 5.96. The largest absolute Gasteiger partial charge is 0.478 e. The van der Waals surface area contributed by atoms with Crippen LogP contribution < -0.4 is 5.56 Å². The lowest BCUT2D eigenvalue weighted by atomic mass is 10.3. The van der Waals surface area contributed by atoms with Gasteiger partial charge < -0.3 is 9.67 Å². The van der Waals surface area contributed by atoms with Crippen LogP contribution in [0.2, 0.25) is 0 Å². The first-order chi connectivity index (χ1) is 7.85. The predicted molar refractivity (Wildman–Crippen MR) is 62.0 cm³/mol. The SMILES string of the molecule is CCS(=O)(=O)CCn1cc(C(=O)O)ccc1=O. The molecule has 94 valence electrons. The number of carboxylic acid groups (broad SMARTS) is 1. The lowest BCUT2D eigenvalue weighted by Gasteiger charge is -2.06. The van der Waals surface area contributed by atoms with E-state index in [2.05, 4.69) is 0 Å². The van der Waals surface area contributed by atoms with E-state index in [1.807, 2.05) is 0 Å². The summed E-state index contributed by atoms with van der Waals surface area (Å²) in [4.78, 5) is 22.1. The Kier molecular flexibility index (Phi) is 4.06. The van der Waals surface area contributed by atoms with Gasteiger partial charge in [-0.2, -0.15) is 0 Å². The Morgan fingerprint density at radius 2 is 2.06 bits per heavy atom. The van der Waals surface area contributed by atoms with Gasteiger partial charge >= 0.3 is 5.97 Å². The molecule has 1 aromatic rings. The van der Waals surface area contributed by atoms with Crippen LogP contribution in [-0.4, -0.2) is 35.6 Å². The second-order valence-electron chi connectivity index (χ2n) is 3.49. The molecule has 0 aliphatic carbocycles. The summed E-state index contributed by atoms with van der Waals surface area (Å²) in [7, 11) is -3.17. The molecule has 17 heavy (non-hydrogen) atoms. The molecule has 0 atom stereocenters. The number of sulfone groups is 1. The van der Waals surface area contributed by atoms with E-state index in [9.17, 15) is 18.0 Å². The molecular formula is C10H13NO5S. The van der Waals surface area contributed by atoms with Crippen molar-refractivity contribution in [3.63, 3.8) is 0 Å². The molecule has 0 radical (unpaired) electrons. The van der Waals surface area contributed by atoms with Gasteiger partial charge in [0.1, 0.15) is 0 Å². The Morgan fingerprint density at radius 1 is 1.41 bits per heavy atom. The van der Waals surface area contributed by atoms with Crippen LogP contribution in [0.25, 0.3) is 0 Å². The summed E-state index contributed by atoms with van der Waals surface area (Å²) in [6.45, 7) is 1.49. The third-order valence-corrected chi connectivity index (χ3v) is 4.00. The molecule has 0 spiro atoms. The van der Waals surface area contributed by atoms with Crippen molar-refractivity contribution in [2.24, 2.45) is 0 Å². The van der Waals surface area contributed by atoms with Gasteiger partial charge in [0, 0.05) is 24.6 Å². The van der Waals surface area contributed by atoms with Crippen molar-refractivity contribution >= 4 is 15.8 Å². The molecule has 1 N–H and O–H groups in total. The smallest absolute Gasteiger partial charge is 0.337 e. The van der Waals surface area contributed by atoms with E-state index in [4.69, 9.17) is 5.11 Å². The number of rotatable bonds is 5. The number of pyridine rings is 1. The average Bonchev–Trinajstić information content (AvgIpc) is 2.27. The standard InChI is InChI=1S/C10H13NO5S/c1-2-17(15,16)6-5-11-7-8(10(13)14)3-4-9(11)12/h3-4,7H,2,5-6H2,1H3,(H,13,14). The summed E-state index contributed by atoms with van der Waals surface area (Å²) in [6.07, 6.45) is 1.15. The van der Waals surface area contributed by atoms with Crippen molar-refractivity contribution in [1.82, 2.24) is 4.57 Å². The normalized spacial score (nSPS) is 11.4. The molecule has 0 aromatic carbocycles. The summed E-state index contributed by atoms with van der Waals surface area (Å²) >= 11 is 0. The molecule has 7 heteroatoms. The number of nitrogens with zero attached hydrogens (tertiary/aromatic N) is 1. The summed E-state index contributed by atoms with van der Waals surface area (Å²) in [6, 6.07) is 2.30. The maximum atomic E-state index is 11.4. The summed E-state index contributed by atoms with van der Waals surface area (Å²) in [5.74, 6) is -1.33. The zero-order chi connectivity index (χ0) is 13.1. The number of hydrogen-bond acceptors (Lipinski definition) is 4. The zero-order valence-corrected chi connectivity index (χ0v) is 10.1. The average molecular weight is 259 g/mol. The van der Waals surface area contributed by atoms with Gasteiger partial charge in [0.15, 0.2) is 9.84 Å². The first-order valence-electron chi connectivity index (χ1n) is 5.00. The van der Waals surface area contributed by atoms with Crippen molar-refractivity contribution in [3.8, 4) is 0 Å². The molecule has 1 aromatic heterocycles. The van der Waals surface area contributed by atoms with Crippen LogP contribution in [0.4, 0.5) is 0 Å². The van der Waals surface area contributed by atoms with Gasteiger partial charge in [-0.05, 0) is 6.07 Å². The van der Waals surface area contributed by atoms with E-state index in [-0.39, 0.29) is 23.6 Å². The predicted octanol–water partition coefficient (Wildman–Crippen LogP) is -0.0188. The van der Waals surface area contributed by atoms with Gasteiger partial charge in [-0.25, -0.2) is 13.2 Å². The molecular weight excluding hydrogens is 246 g/mol. The van der Waals surface area contributed by atoms with E-state index in [0.29, 0.717) is 0 Å². The van der Waals surface area contributed by atoms with Gasteiger partial charge in [-0.15, -0.1) is 0 Å². The highest BCUT2D eigenvalue weighted by Crippen LogP contribution is 1.97. The van der Waals surface area contributed by atoms with E-state index in [1.54, 1.807) is 0 Å². The van der Waals surface area contributed by atoms with Crippen LogP contribution in [0, 0.1) is 0 Å². The minimum atomic E-state index is -3.17. The number of aromatic nitrogens is 1. The van der Waals surface area contributed by atoms with Crippen molar-refractivity contribution in [1.29, 1.82) is 0 Å². The molecule has 1 heterocycles. The topological polar surface area (TPSA) is 93.4 Å². The summed E-state index contributed by atoms with van der Waals surface area (Å²) in [5, 5.41) is 8.74. The number of hydrogen-bond donors (Lipinski definition) is 1. The van der Waals surface area contributed by atoms with Crippen molar-refractivity contribution < 1.29 is 18.3 Å². The van der Waals surface area contributed by atoms with Crippen LogP contribution >= 0.6 is 0 Å². The maximum Gasteiger partial charge on any atom is 0.337 e. The van der Waals surface area contributed by atoms with Crippen LogP contribution in [0.5, 0.6) is 0 Å². The highest BCUT2D eigenvalue weighted by Gasteiger charge is 2.10. The Bertz CT molecular complexity index is 573. The molecule has 1 rings (SSSR count). The van der Waals surface area contributed by atoms with Crippen LogP contribution in [0.3, 0.4) is 0 Å². The highest BCUT2D eigenvalue weighted by molar-refractivity contribution is 7.91. The van der Waals surface area contributed by atoms with Crippen molar-refractivity contribution in [3.05, 3.63) is 34.2 Å². The molecule has 0 bridgehead atoms. The first kappa shape index (κ1) is 13.4. The van der Waals surface area contributed by atoms with Crippen LogP contribution in [0.1, 0.15) is 17.3 Å². The van der Waals surface area contributed by atoms with Crippen LogP contribution in [-0.2, 0) is 16.4 Å². The van der Waals surface area contributed by atoms with E-state index >= 15 is 0 Å². The molecule has 0 aliphatic rings. The fraction of sp³-hybridized carbons (Fsp3) is 0.400. The fourth-order valence-electron chi connectivity index (χ4n) is 1.21. The quantitative estimate of drug-likeness (QED) is 0.802. The van der Waals surface area contributed by atoms with Crippen molar-refractivity contribution in [2.75, 3.05) is 11.5 Å². The first-order valence-corrected chi connectivity index (χ1v) is 6.82. The summed E-state index contributed by atoms with van der Waals surface area (Å²) < 4.78 is 23.6. The number of aromatic carboxylic acids is 1. The second kappa shape index (κ2) is 5.13. The Balaban J connectivity index is 2.95. The zero-order valence-electron chi connectivity index (χ0n) is 9.29. The van der Waals surface area contributed by atoms with Gasteiger partial charge in [-0.3, -0.25) is 4.79 Å². The Hall–Kier alpha value is -1.63. The Morgan fingerprint density at radius 3 is 2.59 bits per heavy atom. The van der Waals surface area contributed by atoms with Gasteiger partial charge in [0.05, 0.1) is 11.3 Å². The van der Waals surface area contributed by atoms with Crippen molar-refractivity contribution in [2.45, 2.75) is 13.5 Å². The lowest BCUT2D eigenvalue weighted by molar-refractivity contribution is 0.0696. The number of carbonyl (C=O) groups is 1. The van der Waals surface area contributed by atoms with Gasteiger partial charge in [-0.1, -0.05) is 6.92 Å². The number of carboxylic acids is 1. The van der Waals surface area contributed by atoms with Gasteiger partial charge in [0.25, 0.3) is 5.56 Å². The molecule has 6 nitrogen and oxygen atoms in total. The van der Waals surface area contributed by atoms with Crippen LogP contribution in [0.15, 0.2) is 23.1 Å². The third-order valence-electron chi connectivity index (χ3n) is 2.31. The van der Waals surface area contributed by atoms with Gasteiger partial charge in [0.2, 0.25) is 0 Å². The minimum Gasteiger partial charge on any atom is -0.478 e. The third kappa shape index (κ3) is 3.70. The molecule has 0 aliphatic heterocycles. The molecule has 0 saturated heterocycles. The Labute approximate surface area is 98.4 Å².